The van der Waals surface area contributed by atoms with Crippen molar-refractivity contribution in [2.24, 2.45) is 0 Å². The lowest BCUT2D eigenvalue weighted by Crippen LogP contribution is -2.48. The summed E-state index contributed by atoms with van der Waals surface area (Å²) in [5.41, 5.74) is 7.12. The summed E-state index contributed by atoms with van der Waals surface area (Å²) in [4.78, 5) is 24.0. The number of aryl methyl sites for hydroxylation is 1. The van der Waals surface area contributed by atoms with E-state index < -0.39 is 5.91 Å². The molecule has 3 N–H and O–H groups in total. The second-order valence-electron chi connectivity index (χ2n) is 5.71. The van der Waals surface area contributed by atoms with Gasteiger partial charge in [-0.15, -0.1) is 0 Å². The van der Waals surface area contributed by atoms with Crippen molar-refractivity contribution >= 4 is 35.2 Å². The summed E-state index contributed by atoms with van der Waals surface area (Å²) >= 11 is 5.00. The van der Waals surface area contributed by atoms with Gasteiger partial charge in [0.05, 0.1) is 14.2 Å². The topological polar surface area (TPSA) is 88.7 Å². The van der Waals surface area contributed by atoms with Crippen molar-refractivity contribution in [3.8, 4) is 11.5 Å². The molecule has 0 aliphatic rings. The van der Waals surface area contributed by atoms with Crippen LogP contribution in [0.3, 0.4) is 0 Å². The smallest absolute Gasteiger partial charge is 0.269 e. The lowest BCUT2D eigenvalue weighted by molar-refractivity contribution is -0.115. The number of rotatable bonds is 5. The molecule has 0 saturated carbocycles. The van der Waals surface area contributed by atoms with Crippen molar-refractivity contribution in [1.29, 1.82) is 0 Å². The molecule has 0 aliphatic heterocycles. The summed E-state index contributed by atoms with van der Waals surface area (Å²) in [7, 11) is 3.08. The molecule has 2 amide bonds. The number of methoxy groups -OCH3 is 2. The fourth-order valence-corrected chi connectivity index (χ4v) is 2.44. The van der Waals surface area contributed by atoms with Crippen molar-refractivity contribution in [2.75, 3.05) is 14.2 Å². The minimum absolute atomic E-state index is 0.0250. The molecule has 146 valence electrons. The number of thiocarbonyl (C=S) groups is 1. The van der Waals surface area contributed by atoms with Crippen LogP contribution in [0.1, 0.15) is 21.5 Å². The zero-order chi connectivity index (χ0) is 20.5. The van der Waals surface area contributed by atoms with Gasteiger partial charge < -0.3 is 9.47 Å². The monoisotopic (exact) mass is 399 g/mol. The molecule has 2 aromatic rings. The van der Waals surface area contributed by atoms with E-state index in [1.807, 2.05) is 13.0 Å². The number of carbonyl (C=O) groups excluding carboxylic acids is 2. The van der Waals surface area contributed by atoms with Gasteiger partial charge in [-0.1, -0.05) is 23.8 Å². The van der Waals surface area contributed by atoms with E-state index in [2.05, 4.69) is 16.2 Å². The molecular weight excluding hydrogens is 378 g/mol. The van der Waals surface area contributed by atoms with E-state index in [1.165, 1.54) is 13.2 Å². The lowest BCUT2D eigenvalue weighted by Gasteiger charge is -2.10. The third kappa shape index (κ3) is 6.10. The molecule has 0 atom stereocenters. The van der Waals surface area contributed by atoms with Gasteiger partial charge >= 0.3 is 0 Å². The minimum Gasteiger partial charge on any atom is -0.493 e. The first-order valence-electron chi connectivity index (χ1n) is 8.31. The number of ether oxygens (including phenoxy) is 2. The Bertz CT molecular complexity index is 912. The van der Waals surface area contributed by atoms with Crippen LogP contribution in [0.5, 0.6) is 11.5 Å². The number of carbonyl (C=O) groups is 2. The number of benzene rings is 2. The average Bonchev–Trinajstić information content (AvgIpc) is 2.70. The molecule has 0 heterocycles. The van der Waals surface area contributed by atoms with Crippen LogP contribution in [0, 0.1) is 6.92 Å². The Kier molecular flexibility index (Phi) is 7.53. The summed E-state index contributed by atoms with van der Waals surface area (Å²) in [5.74, 6) is 0.346. The first-order valence-corrected chi connectivity index (χ1v) is 8.72. The predicted molar refractivity (Wildman–Crippen MR) is 111 cm³/mol. The van der Waals surface area contributed by atoms with Crippen LogP contribution in [-0.2, 0) is 4.79 Å². The number of hydrogen-bond acceptors (Lipinski definition) is 5. The Morgan fingerprint density at radius 3 is 2.43 bits per heavy atom. The summed E-state index contributed by atoms with van der Waals surface area (Å²) in [6, 6.07) is 12.3. The molecule has 0 spiro atoms. The molecule has 0 saturated heterocycles. The molecule has 2 aromatic carbocycles. The van der Waals surface area contributed by atoms with Crippen molar-refractivity contribution in [3.63, 3.8) is 0 Å². The predicted octanol–water partition coefficient (Wildman–Crippen LogP) is 2.36. The van der Waals surface area contributed by atoms with Gasteiger partial charge in [0.15, 0.2) is 16.6 Å². The highest BCUT2D eigenvalue weighted by Gasteiger charge is 2.07. The van der Waals surface area contributed by atoms with Crippen LogP contribution in [0.25, 0.3) is 6.08 Å². The third-order valence-corrected chi connectivity index (χ3v) is 3.85. The van der Waals surface area contributed by atoms with Gasteiger partial charge in [0, 0.05) is 11.6 Å². The van der Waals surface area contributed by atoms with Crippen LogP contribution in [-0.4, -0.2) is 31.1 Å². The van der Waals surface area contributed by atoms with Crippen LogP contribution in [0.15, 0.2) is 48.5 Å². The van der Waals surface area contributed by atoms with E-state index in [1.54, 1.807) is 49.6 Å². The largest absolute Gasteiger partial charge is 0.493 e. The Morgan fingerprint density at radius 2 is 1.75 bits per heavy atom. The number of amides is 2. The fourth-order valence-electron chi connectivity index (χ4n) is 2.29. The molecule has 28 heavy (non-hydrogen) atoms. The van der Waals surface area contributed by atoms with Gasteiger partial charge in [-0.2, -0.15) is 0 Å². The average molecular weight is 399 g/mol. The summed E-state index contributed by atoms with van der Waals surface area (Å²) in [6.45, 7) is 1.89. The second-order valence-corrected chi connectivity index (χ2v) is 6.12. The highest BCUT2D eigenvalue weighted by atomic mass is 32.1. The lowest BCUT2D eigenvalue weighted by atomic mass is 10.1. The van der Waals surface area contributed by atoms with Gasteiger partial charge in [-0.25, -0.2) is 0 Å². The number of hydrogen-bond donors (Lipinski definition) is 3. The molecule has 0 fully saturated rings. The maximum atomic E-state index is 12.0. The maximum Gasteiger partial charge on any atom is 0.269 e. The maximum absolute atomic E-state index is 12.0. The highest BCUT2D eigenvalue weighted by molar-refractivity contribution is 7.80. The Hall–Kier alpha value is -3.39. The zero-order valence-electron chi connectivity index (χ0n) is 15.7. The minimum atomic E-state index is -0.447. The molecule has 0 bridgehead atoms. The van der Waals surface area contributed by atoms with Crippen molar-refractivity contribution < 1.29 is 19.1 Å². The first-order chi connectivity index (χ1) is 13.4. The number of nitrogens with one attached hydrogen (secondary N) is 3. The Morgan fingerprint density at radius 1 is 1.00 bits per heavy atom. The van der Waals surface area contributed by atoms with E-state index in [4.69, 9.17) is 21.7 Å². The fraction of sp³-hybridized carbons (Fsp3) is 0.150. The molecular formula is C20H21N3O4S. The highest BCUT2D eigenvalue weighted by Crippen LogP contribution is 2.27. The van der Waals surface area contributed by atoms with Gasteiger partial charge in [0.25, 0.3) is 5.91 Å². The van der Waals surface area contributed by atoms with E-state index >= 15 is 0 Å². The van der Waals surface area contributed by atoms with E-state index in [-0.39, 0.29) is 11.0 Å². The molecule has 0 unspecified atom stereocenters. The van der Waals surface area contributed by atoms with Crippen molar-refractivity contribution in [2.45, 2.75) is 6.92 Å². The standard InChI is InChI=1S/C20H21N3O4S/c1-13-5-4-6-15(11-13)19(25)22-23-20(28)21-18(24)10-8-14-7-9-16(26-2)17(12-14)27-3/h4-12H,1-3H3,(H,22,25)(H2,21,23,24,28)/b10-8+. The molecule has 0 aromatic heterocycles. The molecule has 0 radical (unpaired) electrons. The van der Waals surface area contributed by atoms with Crippen LogP contribution >= 0.6 is 12.2 Å². The Balaban J connectivity index is 1.86. The molecule has 2 rings (SSSR count). The zero-order valence-corrected chi connectivity index (χ0v) is 16.6. The van der Waals surface area contributed by atoms with Crippen LogP contribution in [0.2, 0.25) is 0 Å². The molecule has 0 aliphatic carbocycles. The van der Waals surface area contributed by atoms with E-state index in [0.717, 1.165) is 11.1 Å². The first kappa shape index (κ1) is 20.9. The van der Waals surface area contributed by atoms with Gasteiger partial charge in [-0.05, 0) is 55.0 Å². The summed E-state index contributed by atoms with van der Waals surface area (Å²) in [6.07, 6.45) is 2.92. The summed E-state index contributed by atoms with van der Waals surface area (Å²) in [5, 5.41) is 2.42. The van der Waals surface area contributed by atoms with Crippen molar-refractivity contribution in [3.05, 3.63) is 65.2 Å². The Labute approximate surface area is 168 Å². The third-order valence-electron chi connectivity index (χ3n) is 3.64. The molecule has 8 heteroatoms. The van der Waals surface area contributed by atoms with E-state index in [9.17, 15) is 9.59 Å². The van der Waals surface area contributed by atoms with E-state index in [0.29, 0.717) is 17.1 Å². The van der Waals surface area contributed by atoms with Crippen LogP contribution in [0.4, 0.5) is 0 Å². The van der Waals surface area contributed by atoms with Gasteiger partial charge in [0.1, 0.15) is 0 Å². The number of hydrazine groups is 1. The quantitative estimate of drug-likeness (QED) is 0.406. The SMILES string of the molecule is COc1ccc(/C=C/C(=O)NC(=S)NNC(=O)c2cccc(C)c2)cc1OC. The normalized spacial score (nSPS) is 10.2. The second kappa shape index (κ2) is 10.1. The molecule has 7 nitrogen and oxygen atoms in total. The summed E-state index contributed by atoms with van der Waals surface area (Å²) < 4.78 is 10.4. The van der Waals surface area contributed by atoms with Crippen LogP contribution < -0.4 is 25.6 Å². The van der Waals surface area contributed by atoms with Crippen molar-refractivity contribution in [1.82, 2.24) is 16.2 Å². The van der Waals surface area contributed by atoms with Gasteiger partial charge in [0.2, 0.25) is 5.91 Å². The van der Waals surface area contributed by atoms with Gasteiger partial charge in [-0.3, -0.25) is 25.8 Å².